The molecule has 0 unspecified atom stereocenters. The summed E-state index contributed by atoms with van der Waals surface area (Å²) in [4.78, 5) is 0. The molecule has 3 aromatic carbocycles. The molecule has 0 radical (unpaired) electrons. The van der Waals surface area contributed by atoms with Gasteiger partial charge in [-0.25, -0.2) is 30.7 Å². The summed E-state index contributed by atoms with van der Waals surface area (Å²) >= 11 is 0. The summed E-state index contributed by atoms with van der Waals surface area (Å²) in [5.74, 6) is -14.3. The van der Waals surface area contributed by atoms with Gasteiger partial charge in [-0.2, -0.15) is 8.78 Å². The van der Waals surface area contributed by atoms with Gasteiger partial charge in [0.25, 0.3) is 0 Å². The second kappa shape index (κ2) is 8.60. The van der Waals surface area contributed by atoms with E-state index in [4.69, 9.17) is 0 Å². The highest BCUT2D eigenvalue weighted by atomic mass is 19.3. The smallest absolute Gasteiger partial charge is 0.429 e. The summed E-state index contributed by atoms with van der Waals surface area (Å²) in [6.45, 7) is 1.68. The summed E-state index contributed by atoms with van der Waals surface area (Å²) < 4.78 is 129. The molecule has 0 aliphatic heterocycles. The lowest BCUT2D eigenvalue weighted by Gasteiger charge is -2.20. The fourth-order valence-electron chi connectivity index (χ4n) is 2.72. The van der Waals surface area contributed by atoms with Crippen LogP contribution in [0.2, 0.25) is 0 Å². The van der Waals surface area contributed by atoms with Crippen molar-refractivity contribution >= 4 is 11.7 Å². The van der Waals surface area contributed by atoms with Gasteiger partial charge >= 0.3 is 6.11 Å². The number of aryl methyl sites for hydroxylation is 1. The molecular weight excluding hydrogens is 451 g/mol. The average Bonchev–Trinajstić information content (AvgIpc) is 2.70. The Morgan fingerprint density at radius 1 is 0.688 bits per heavy atom. The topological polar surface area (TPSA) is 9.23 Å². The van der Waals surface area contributed by atoms with Crippen LogP contribution in [0.4, 0.5) is 39.5 Å². The molecule has 0 atom stereocenters. The predicted octanol–water partition coefficient (Wildman–Crippen LogP) is 7.58. The molecule has 10 heteroatoms. The highest BCUT2D eigenvalue weighted by Gasteiger charge is 2.41. The lowest BCUT2D eigenvalue weighted by atomic mass is 10.1. The highest BCUT2D eigenvalue weighted by molar-refractivity contribution is 5.83. The molecule has 0 N–H and O–H groups in total. The number of rotatable bonds is 5. The van der Waals surface area contributed by atoms with Crippen LogP contribution in [-0.4, -0.2) is 0 Å². The van der Waals surface area contributed by atoms with Crippen molar-refractivity contribution in [3.05, 3.63) is 99.9 Å². The highest BCUT2D eigenvalue weighted by Crippen LogP contribution is 2.38. The van der Waals surface area contributed by atoms with Crippen molar-refractivity contribution in [3.63, 3.8) is 0 Å². The van der Waals surface area contributed by atoms with Gasteiger partial charge in [-0.3, -0.25) is 0 Å². The van der Waals surface area contributed by atoms with Crippen molar-refractivity contribution in [2.24, 2.45) is 0 Å². The predicted molar refractivity (Wildman–Crippen MR) is 97.4 cm³/mol. The van der Waals surface area contributed by atoms with Gasteiger partial charge in [-0.15, -0.1) is 0 Å². The molecule has 0 amide bonds. The van der Waals surface area contributed by atoms with Gasteiger partial charge in [0.15, 0.2) is 29.1 Å². The minimum atomic E-state index is -4.85. The summed E-state index contributed by atoms with van der Waals surface area (Å²) in [5.41, 5.74) is -2.58. The summed E-state index contributed by atoms with van der Waals surface area (Å²) in [6.07, 6.45) is -4.85. The lowest BCUT2D eigenvalue weighted by molar-refractivity contribution is -0.189. The van der Waals surface area contributed by atoms with Gasteiger partial charge in [0.1, 0.15) is 22.9 Å². The molecule has 0 bridgehead atoms. The maximum absolute atomic E-state index is 14.4. The van der Waals surface area contributed by atoms with E-state index < -0.39 is 63.7 Å². The first kappa shape index (κ1) is 23.2. The maximum Gasteiger partial charge on any atom is 0.432 e. The van der Waals surface area contributed by atoms with E-state index in [1.807, 2.05) is 0 Å². The van der Waals surface area contributed by atoms with Crippen molar-refractivity contribution in [2.45, 2.75) is 13.0 Å². The van der Waals surface area contributed by atoms with Gasteiger partial charge in [-0.05, 0) is 19.1 Å². The molecule has 3 rings (SSSR count). The molecule has 0 spiro atoms. The monoisotopic (exact) mass is 462 g/mol. The van der Waals surface area contributed by atoms with Gasteiger partial charge in [0.05, 0.1) is 0 Å². The third kappa shape index (κ3) is 4.58. The van der Waals surface area contributed by atoms with E-state index >= 15 is 0 Å². The average molecular weight is 462 g/mol. The molecule has 0 saturated carbocycles. The van der Waals surface area contributed by atoms with Crippen molar-refractivity contribution in [1.29, 1.82) is 0 Å². The molecule has 1 nitrogen and oxygen atoms in total. The van der Waals surface area contributed by atoms with E-state index in [-0.39, 0.29) is 29.8 Å². The minimum Gasteiger partial charge on any atom is -0.429 e. The van der Waals surface area contributed by atoms with Gasteiger partial charge in [0.2, 0.25) is 0 Å². The zero-order valence-corrected chi connectivity index (χ0v) is 15.9. The fraction of sp³-hybridized carbons (Fsp3) is 0.0909. The van der Waals surface area contributed by atoms with Crippen LogP contribution in [0.3, 0.4) is 0 Å². The Hall–Kier alpha value is -3.43. The SMILES string of the molecule is Cc1ccc(/C(F)=C(\F)c2cc(F)c(C(F)(F)Oc3cc(F)c(F)c(F)c3)c(F)c2)cc1. The molecule has 0 aliphatic carbocycles. The van der Waals surface area contributed by atoms with E-state index in [0.717, 1.165) is 5.56 Å². The van der Waals surface area contributed by atoms with E-state index in [1.54, 1.807) is 6.92 Å². The Morgan fingerprint density at radius 3 is 1.66 bits per heavy atom. The Kier molecular flexibility index (Phi) is 6.25. The van der Waals surface area contributed by atoms with Crippen molar-refractivity contribution < 1.29 is 44.3 Å². The van der Waals surface area contributed by atoms with Crippen LogP contribution in [0.5, 0.6) is 5.75 Å². The van der Waals surface area contributed by atoms with E-state index in [9.17, 15) is 39.5 Å². The zero-order valence-electron chi connectivity index (χ0n) is 15.9. The van der Waals surface area contributed by atoms with Gasteiger partial charge in [-0.1, -0.05) is 29.8 Å². The molecule has 0 heterocycles. The molecule has 0 aliphatic rings. The molecule has 0 saturated heterocycles. The second-order valence-corrected chi connectivity index (χ2v) is 6.63. The van der Waals surface area contributed by atoms with Crippen LogP contribution in [-0.2, 0) is 6.11 Å². The number of ether oxygens (including phenoxy) is 1. The van der Waals surface area contributed by atoms with Crippen LogP contribution in [0, 0.1) is 36.0 Å². The first-order valence-electron chi connectivity index (χ1n) is 8.74. The fourth-order valence-corrected chi connectivity index (χ4v) is 2.72. The van der Waals surface area contributed by atoms with Gasteiger partial charge < -0.3 is 4.74 Å². The van der Waals surface area contributed by atoms with Crippen LogP contribution in [0.25, 0.3) is 11.7 Å². The second-order valence-electron chi connectivity index (χ2n) is 6.63. The summed E-state index contributed by atoms with van der Waals surface area (Å²) in [5, 5.41) is 0. The first-order chi connectivity index (χ1) is 14.9. The normalized spacial score (nSPS) is 12.6. The Morgan fingerprint density at radius 2 is 1.16 bits per heavy atom. The van der Waals surface area contributed by atoms with Crippen LogP contribution in [0.15, 0.2) is 48.5 Å². The van der Waals surface area contributed by atoms with Crippen LogP contribution >= 0.6 is 0 Å². The van der Waals surface area contributed by atoms with Gasteiger partial charge in [0, 0.05) is 23.3 Å². The van der Waals surface area contributed by atoms with Crippen LogP contribution < -0.4 is 4.74 Å². The molecule has 32 heavy (non-hydrogen) atoms. The third-order valence-electron chi connectivity index (χ3n) is 4.29. The van der Waals surface area contributed by atoms with Crippen molar-refractivity contribution in [3.8, 4) is 5.75 Å². The van der Waals surface area contributed by atoms with Crippen LogP contribution in [0.1, 0.15) is 22.3 Å². The van der Waals surface area contributed by atoms with E-state index in [2.05, 4.69) is 4.74 Å². The molecule has 3 aromatic rings. The number of halogens is 9. The Balaban J connectivity index is 1.99. The molecular formula is C22H11F9O. The molecule has 168 valence electrons. The Labute approximate surface area is 175 Å². The number of hydrogen-bond acceptors (Lipinski definition) is 1. The van der Waals surface area contributed by atoms with E-state index in [0.29, 0.717) is 0 Å². The molecule has 0 fully saturated rings. The first-order valence-corrected chi connectivity index (χ1v) is 8.74. The number of hydrogen-bond donors (Lipinski definition) is 0. The lowest BCUT2D eigenvalue weighted by Crippen LogP contribution is -2.25. The summed E-state index contributed by atoms with van der Waals surface area (Å²) in [7, 11) is 0. The zero-order chi connectivity index (χ0) is 23.8. The van der Waals surface area contributed by atoms with E-state index in [1.165, 1.54) is 24.3 Å². The summed E-state index contributed by atoms with van der Waals surface area (Å²) in [6, 6.07) is 5.58. The quantitative estimate of drug-likeness (QED) is 0.216. The molecule has 0 aromatic heterocycles. The minimum absolute atomic E-state index is 0.0376. The van der Waals surface area contributed by atoms with Crippen molar-refractivity contribution in [1.82, 2.24) is 0 Å². The van der Waals surface area contributed by atoms with Crippen molar-refractivity contribution in [2.75, 3.05) is 0 Å². The largest absolute Gasteiger partial charge is 0.432 e. The Bertz CT molecular complexity index is 1150. The standard InChI is InChI=1S/C22H11F9O/c1-10-2-4-11(5-3-10)19(27)20(28)12-6-14(23)18(15(24)7-12)22(30,31)32-13-8-16(25)21(29)17(26)9-13/h2-9H,1H3/b20-19+. The number of benzene rings is 3. The third-order valence-corrected chi connectivity index (χ3v) is 4.29. The maximum atomic E-state index is 14.4. The number of alkyl halides is 2.